The summed E-state index contributed by atoms with van der Waals surface area (Å²) in [7, 11) is 0. The first-order valence-electron chi connectivity index (χ1n) is 8.26. The van der Waals surface area contributed by atoms with Crippen LogP contribution in [0.1, 0.15) is 53.5 Å². The Morgan fingerprint density at radius 1 is 1.39 bits per heavy atom. The molecule has 0 aromatic carbocycles. The average molecular weight is 322 g/mol. The van der Waals surface area contributed by atoms with Crippen molar-refractivity contribution in [1.82, 2.24) is 10.3 Å². The van der Waals surface area contributed by atoms with E-state index in [-0.39, 0.29) is 18.0 Å². The molecule has 0 spiro atoms. The molecule has 0 saturated carbocycles. The van der Waals surface area contributed by atoms with E-state index >= 15 is 0 Å². The van der Waals surface area contributed by atoms with Crippen LogP contribution in [-0.4, -0.2) is 42.7 Å². The SMILES string of the molecule is CCOC(=O)c1[nH]c(C)c(CCC(=O)NCC2CCCO2)c1C. The fourth-order valence-corrected chi connectivity index (χ4v) is 2.93. The summed E-state index contributed by atoms with van der Waals surface area (Å²) >= 11 is 0. The first kappa shape index (κ1) is 17.5. The summed E-state index contributed by atoms with van der Waals surface area (Å²) in [4.78, 5) is 26.9. The van der Waals surface area contributed by atoms with Gasteiger partial charge in [-0.05, 0) is 51.2 Å². The van der Waals surface area contributed by atoms with Crippen LogP contribution in [0.4, 0.5) is 0 Å². The van der Waals surface area contributed by atoms with E-state index in [1.807, 2.05) is 13.8 Å². The van der Waals surface area contributed by atoms with E-state index in [9.17, 15) is 9.59 Å². The zero-order valence-electron chi connectivity index (χ0n) is 14.2. The Kier molecular flexibility index (Phi) is 6.21. The molecule has 1 saturated heterocycles. The number of aryl methyl sites for hydroxylation is 1. The minimum atomic E-state index is -0.345. The highest BCUT2D eigenvalue weighted by molar-refractivity contribution is 5.90. The number of carbonyl (C=O) groups excluding carboxylic acids is 2. The second-order valence-electron chi connectivity index (χ2n) is 5.89. The van der Waals surface area contributed by atoms with Gasteiger partial charge in [0.25, 0.3) is 0 Å². The molecule has 1 aliphatic rings. The molecule has 1 aliphatic heterocycles. The van der Waals surface area contributed by atoms with E-state index < -0.39 is 0 Å². The van der Waals surface area contributed by atoms with Crippen molar-refractivity contribution in [2.45, 2.75) is 52.6 Å². The van der Waals surface area contributed by atoms with Crippen LogP contribution in [0.2, 0.25) is 0 Å². The number of H-pyrrole nitrogens is 1. The molecule has 0 bridgehead atoms. The Balaban J connectivity index is 1.87. The fraction of sp³-hybridized carbons (Fsp3) is 0.647. The van der Waals surface area contributed by atoms with Crippen molar-refractivity contribution in [3.8, 4) is 0 Å². The summed E-state index contributed by atoms with van der Waals surface area (Å²) in [6.45, 7) is 7.29. The lowest BCUT2D eigenvalue weighted by molar-refractivity contribution is -0.121. The molecule has 0 aliphatic carbocycles. The molecule has 1 fully saturated rings. The summed E-state index contributed by atoms with van der Waals surface area (Å²) in [6, 6.07) is 0. The van der Waals surface area contributed by atoms with Gasteiger partial charge in [0.05, 0.1) is 12.7 Å². The maximum Gasteiger partial charge on any atom is 0.355 e. The second kappa shape index (κ2) is 8.15. The van der Waals surface area contributed by atoms with Gasteiger partial charge < -0.3 is 19.8 Å². The van der Waals surface area contributed by atoms with Crippen molar-refractivity contribution in [2.24, 2.45) is 0 Å². The third-order valence-electron chi connectivity index (χ3n) is 4.23. The number of aromatic nitrogens is 1. The zero-order chi connectivity index (χ0) is 16.8. The molecular formula is C17H26N2O4. The fourth-order valence-electron chi connectivity index (χ4n) is 2.93. The van der Waals surface area contributed by atoms with Crippen LogP contribution in [0.5, 0.6) is 0 Å². The van der Waals surface area contributed by atoms with Gasteiger partial charge >= 0.3 is 5.97 Å². The second-order valence-corrected chi connectivity index (χ2v) is 5.89. The van der Waals surface area contributed by atoms with Crippen molar-refractivity contribution in [3.05, 3.63) is 22.5 Å². The van der Waals surface area contributed by atoms with Gasteiger partial charge in [-0.1, -0.05) is 0 Å². The Bertz CT molecular complexity index is 559. The third kappa shape index (κ3) is 4.58. The van der Waals surface area contributed by atoms with Gasteiger partial charge in [0.2, 0.25) is 5.91 Å². The molecule has 2 N–H and O–H groups in total. The molecule has 6 nitrogen and oxygen atoms in total. The van der Waals surface area contributed by atoms with Crippen molar-refractivity contribution in [1.29, 1.82) is 0 Å². The van der Waals surface area contributed by atoms with Gasteiger partial charge in [0, 0.05) is 25.3 Å². The number of hydrogen-bond acceptors (Lipinski definition) is 4. The first-order valence-corrected chi connectivity index (χ1v) is 8.26. The highest BCUT2D eigenvalue weighted by Gasteiger charge is 2.19. The van der Waals surface area contributed by atoms with E-state index in [1.54, 1.807) is 6.92 Å². The summed E-state index contributed by atoms with van der Waals surface area (Å²) in [5.41, 5.74) is 3.28. The molecular weight excluding hydrogens is 296 g/mol. The molecule has 1 atom stereocenters. The predicted molar refractivity (Wildman–Crippen MR) is 86.5 cm³/mol. The number of hydrogen-bond donors (Lipinski definition) is 2. The van der Waals surface area contributed by atoms with Crippen LogP contribution in [-0.2, 0) is 20.7 Å². The van der Waals surface area contributed by atoms with Crippen LogP contribution in [0.15, 0.2) is 0 Å². The van der Waals surface area contributed by atoms with Gasteiger partial charge in [0.15, 0.2) is 0 Å². The molecule has 1 unspecified atom stereocenters. The lowest BCUT2D eigenvalue weighted by Gasteiger charge is -2.10. The standard InChI is InChI=1S/C17H26N2O4/c1-4-22-17(21)16-11(2)14(12(3)19-16)7-8-15(20)18-10-13-6-5-9-23-13/h13,19H,4-10H2,1-3H3,(H,18,20). The monoisotopic (exact) mass is 322 g/mol. The van der Waals surface area contributed by atoms with E-state index in [2.05, 4.69) is 10.3 Å². The largest absolute Gasteiger partial charge is 0.461 e. The molecule has 23 heavy (non-hydrogen) atoms. The van der Waals surface area contributed by atoms with Crippen LogP contribution in [0.3, 0.4) is 0 Å². The van der Waals surface area contributed by atoms with Gasteiger partial charge in [-0.15, -0.1) is 0 Å². The highest BCUT2D eigenvalue weighted by atomic mass is 16.5. The minimum absolute atomic E-state index is 0.0122. The number of rotatable bonds is 7. The van der Waals surface area contributed by atoms with Gasteiger partial charge in [-0.25, -0.2) is 4.79 Å². The molecule has 128 valence electrons. The number of aromatic amines is 1. The molecule has 2 rings (SSSR count). The Morgan fingerprint density at radius 2 is 2.17 bits per heavy atom. The summed E-state index contributed by atoms with van der Waals surface area (Å²) in [6.07, 6.45) is 3.24. The Morgan fingerprint density at radius 3 is 2.83 bits per heavy atom. The van der Waals surface area contributed by atoms with E-state index in [0.717, 1.165) is 36.3 Å². The summed E-state index contributed by atoms with van der Waals surface area (Å²) in [5.74, 6) is -0.333. The van der Waals surface area contributed by atoms with E-state index in [1.165, 1.54) is 0 Å². The predicted octanol–water partition coefficient (Wildman–Crippen LogP) is 2.04. The minimum Gasteiger partial charge on any atom is -0.461 e. The number of nitrogens with one attached hydrogen (secondary N) is 2. The van der Waals surface area contributed by atoms with Crippen molar-refractivity contribution >= 4 is 11.9 Å². The van der Waals surface area contributed by atoms with E-state index in [0.29, 0.717) is 31.7 Å². The number of ether oxygens (including phenoxy) is 2. The lowest BCUT2D eigenvalue weighted by atomic mass is 10.0. The molecule has 1 aromatic heterocycles. The summed E-state index contributed by atoms with van der Waals surface area (Å²) in [5, 5.41) is 2.92. The molecule has 2 heterocycles. The zero-order valence-corrected chi connectivity index (χ0v) is 14.2. The Labute approximate surface area is 136 Å². The summed E-state index contributed by atoms with van der Waals surface area (Å²) < 4.78 is 10.5. The third-order valence-corrected chi connectivity index (χ3v) is 4.23. The van der Waals surface area contributed by atoms with Crippen molar-refractivity contribution in [2.75, 3.05) is 19.8 Å². The first-order chi connectivity index (χ1) is 11.0. The van der Waals surface area contributed by atoms with Crippen LogP contribution >= 0.6 is 0 Å². The molecule has 0 radical (unpaired) electrons. The average Bonchev–Trinajstić information content (AvgIpc) is 3.12. The van der Waals surface area contributed by atoms with Gasteiger partial charge in [0.1, 0.15) is 5.69 Å². The maximum atomic E-state index is 12.0. The van der Waals surface area contributed by atoms with Crippen molar-refractivity contribution < 1.29 is 19.1 Å². The maximum absolute atomic E-state index is 12.0. The molecule has 6 heteroatoms. The van der Waals surface area contributed by atoms with E-state index in [4.69, 9.17) is 9.47 Å². The number of amides is 1. The number of esters is 1. The quantitative estimate of drug-likeness (QED) is 0.753. The van der Waals surface area contributed by atoms with Crippen molar-refractivity contribution in [3.63, 3.8) is 0 Å². The smallest absolute Gasteiger partial charge is 0.355 e. The van der Waals surface area contributed by atoms with Crippen LogP contribution < -0.4 is 5.32 Å². The van der Waals surface area contributed by atoms with Gasteiger partial charge in [-0.2, -0.15) is 0 Å². The van der Waals surface area contributed by atoms with Crippen LogP contribution in [0.25, 0.3) is 0 Å². The lowest BCUT2D eigenvalue weighted by Crippen LogP contribution is -2.31. The van der Waals surface area contributed by atoms with Crippen LogP contribution in [0, 0.1) is 13.8 Å². The molecule has 1 amide bonds. The Hall–Kier alpha value is -1.82. The highest BCUT2D eigenvalue weighted by Crippen LogP contribution is 2.20. The topological polar surface area (TPSA) is 80.4 Å². The molecule has 1 aromatic rings. The van der Waals surface area contributed by atoms with Gasteiger partial charge in [-0.3, -0.25) is 4.79 Å². The number of carbonyl (C=O) groups is 2. The normalized spacial score (nSPS) is 17.3.